The lowest BCUT2D eigenvalue weighted by molar-refractivity contribution is 0.302. The SMILES string of the molecule is Br.CC/C(=C1\c2ccc(Cl)cc2OCc2ncccc21)c1cccc(NS(C)(=O)=O)c1. The molecule has 4 rings (SSSR count). The van der Waals surface area contributed by atoms with Crippen molar-refractivity contribution in [3.05, 3.63) is 88.2 Å². The maximum Gasteiger partial charge on any atom is 0.229 e. The molecule has 2 heterocycles. The summed E-state index contributed by atoms with van der Waals surface area (Å²) >= 11 is 6.22. The largest absolute Gasteiger partial charge is 0.487 e. The van der Waals surface area contributed by atoms with E-state index in [4.69, 9.17) is 16.3 Å². The molecule has 162 valence electrons. The second-order valence-electron chi connectivity index (χ2n) is 7.09. The molecule has 0 unspecified atom stereocenters. The van der Waals surface area contributed by atoms with E-state index in [2.05, 4.69) is 16.6 Å². The molecule has 3 aromatic rings. The number of benzene rings is 2. The number of nitrogens with zero attached hydrogens (tertiary/aromatic N) is 1. The van der Waals surface area contributed by atoms with E-state index in [0.717, 1.165) is 46.2 Å². The van der Waals surface area contributed by atoms with Gasteiger partial charge in [-0.3, -0.25) is 9.71 Å². The van der Waals surface area contributed by atoms with Crippen LogP contribution in [0.5, 0.6) is 5.75 Å². The Bertz CT molecular complexity index is 1260. The number of rotatable bonds is 4. The zero-order valence-corrected chi connectivity index (χ0v) is 20.3. The Kier molecular flexibility index (Phi) is 7.09. The summed E-state index contributed by atoms with van der Waals surface area (Å²) in [5.74, 6) is 0.701. The van der Waals surface area contributed by atoms with Gasteiger partial charge in [0.15, 0.2) is 0 Å². The van der Waals surface area contributed by atoms with Gasteiger partial charge in [-0.15, -0.1) is 17.0 Å². The molecule has 0 saturated carbocycles. The van der Waals surface area contributed by atoms with Gasteiger partial charge in [-0.05, 0) is 59.5 Å². The maximum atomic E-state index is 11.7. The van der Waals surface area contributed by atoms with Crippen LogP contribution < -0.4 is 9.46 Å². The number of fused-ring (bicyclic) bond motifs is 2. The molecule has 0 aliphatic carbocycles. The number of pyridine rings is 1. The first kappa shape index (κ1) is 23.3. The molecule has 31 heavy (non-hydrogen) atoms. The maximum absolute atomic E-state index is 11.7. The first-order chi connectivity index (χ1) is 14.4. The molecular formula is C23H22BrClN2O3S. The molecule has 2 aromatic carbocycles. The minimum Gasteiger partial charge on any atom is -0.487 e. The molecule has 1 N–H and O–H groups in total. The highest BCUT2D eigenvalue weighted by Crippen LogP contribution is 2.42. The monoisotopic (exact) mass is 520 g/mol. The van der Waals surface area contributed by atoms with Crippen LogP contribution in [0.3, 0.4) is 0 Å². The topological polar surface area (TPSA) is 68.3 Å². The average Bonchev–Trinajstić information content (AvgIpc) is 2.85. The van der Waals surface area contributed by atoms with Crippen molar-refractivity contribution in [2.75, 3.05) is 11.0 Å². The van der Waals surface area contributed by atoms with E-state index in [0.29, 0.717) is 23.1 Å². The first-order valence-electron chi connectivity index (χ1n) is 9.54. The summed E-state index contributed by atoms with van der Waals surface area (Å²) in [6.45, 7) is 2.43. The quantitative estimate of drug-likeness (QED) is 0.461. The van der Waals surface area contributed by atoms with E-state index in [1.165, 1.54) is 0 Å². The molecule has 1 aliphatic heterocycles. The van der Waals surface area contributed by atoms with Crippen LogP contribution >= 0.6 is 28.6 Å². The van der Waals surface area contributed by atoms with Crippen LogP contribution in [-0.4, -0.2) is 19.7 Å². The van der Waals surface area contributed by atoms with E-state index in [9.17, 15) is 8.42 Å². The lowest BCUT2D eigenvalue weighted by Crippen LogP contribution is -2.09. The molecule has 1 aromatic heterocycles. The highest BCUT2D eigenvalue weighted by molar-refractivity contribution is 8.93. The molecular weight excluding hydrogens is 500 g/mol. The third kappa shape index (κ3) is 5.11. The number of anilines is 1. The molecule has 1 aliphatic rings. The Labute approximate surface area is 197 Å². The van der Waals surface area contributed by atoms with Crippen LogP contribution in [-0.2, 0) is 16.6 Å². The Morgan fingerprint density at radius 2 is 1.94 bits per heavy atom. The number of hydrogen-bond acceptors (Lipinski definition) is 4. The van der Waals surface area contributed by atoms with Crippen molar-refractivity contribution in [2.24, 2.45) is 0 Å². The fourth-order valence-electron chi connectivity index (χ4n) is 3.73. The minimum absolute atomic E-state index is 0. The number of allylic oxidation sites excluding steroid dienone is 1. The van der Waals surface area contributed by atoms with Crippen molar-refractivity contribution in [1.82, 2.24) is 4.98 Å². The second-order valence-corrected chi connectivity index (χ2v) is 9.27. The summed E-state index contributed by atoms with van der Waals surface area (Å²) in [5.41, 5.74) is 6.31. The minimum atomic E-state index is -3.37. The van der Waals surface area contributed by atoms with Crippen LogP contribution in [0.25, 0.3) is 11.1 Å². The van der Waals surface area contributed by atoms with E-state index in [1.54, 1.807) is 12.3 Å². The van der Waals surface area contributed by atoms with Crippen LogP contribution in [0.1, 0.15) is 35.7 Å². The first-order valence-corrected chi connectivity index (χ1v) is 11.8. The number of hydrogen-bond donors (Lipinski definition) is 1. The van der Waals surface area contributed by atoms with Crippen molar-refractivity contribution >= 4 is 55.4 Å². The predicted octanol–water partition coefficient (Wildman–Crippen LogP) is 5.95. The summed E-state index contributed by atoms with van der Waals surface area (Å²) in [5, 5.41) is 0.601. The number of halogens is 2. The Balaban J connectivity index is 0.00000272. The van der Waals surface area contributed by atoms with Crippen molar-refractivity contribution in [2.45, 2.75) is 20.0 Å². The number of nitrogens with one attached hydrogen (secondary N) is 1. The van der Waals surface area contributed by atoms with Crippen molar-refractivity contribution in [3.63, 3.8) is 0 Å². The normalized spacial score (nSPS) is 14.3. The number of sulfonamides is 1. The molecule has 0 fully saturated rings. The summed E-state index contributed by atoms with van der Waals surface area (Å²) < 4.78 is 32.0. The van der Waals surface area contributed by atoms with E-state index in [1.807, 2.05) is 48.5 Å². The Morgan fingerprint density at radius 1 is 1.13 bits per heavy atom. The van der Waals surface area contributed by atoms with E-state index < -0.39 is 10.0 Å². The molecule has 0 spiro atoms. The van der Waals surface area contributed by atoms with Gasteiger partial charge >= 0.3 is 0 Å². The van der Waals surface area contributed by atoms with Crippen LogP contribution in [0.15, 0.2) is 60.8 Å². The van der Waals surface area contributed by atoms with Crippen LogP contribution in [0.2, 0.25) is 5.02 Å². The molecule has 0 saturated heterocycles. The second kappa shape index (κ2) is 9.42. The van der Waals surface area contributed by atoms with Gasteiger partial charge in [0.2, 0.25) is 10.0 Å². The van der Waals surface area contributed by atoms with Gasteiger partial charge < -0.3 is 4.74 Å². The summed E-state index contributed by atoms with van der Waals surface area (Å²) in [4.78, 5) is 4.53. The molecule has 5 nitrogen and oxygen atoms in total. The summed E-state index contributed by atoms with van der Waals surface area (Å²) in [6, 6.07) is 17.0. The predicted molar refractivity (Wildman–Crippen MR) is 131 cm³/mol. The fraction of sp³-hybridized carbons (Fsp3) is 0.174. The van der Waals surface area contributed by atoms with Crippen LogP contribution in [0.4, 0.5) is 5.69 Å². The van der Waals surface area contributed by atoms with Gasteiger partial charge in [0.1, 0.15) is 12.4 Å². The zero-order valence-electron chi connectivity index (χ0n) is 17.1. The van der Waals surface area contributed by atoms with Crippen molar-refractivity contribution < 1.29 is 13.2 Å². The number of ether oxygens (including phenoxy) is 1. The van der Waals surface area contributed by atoms with Gasteiger partial charge in [-0.2, -0.15) is 0 Å². The molecule has 0 radical (unpaired) electrons. The van der Waals surface area contributed by atoms with E-state index >= 15 is 0 Å². The summed E-state index contributed by atoms with van der Waals surface area (Å²) in [6.07, 6.45) is 3.63. The smallest absolute Gasteiger partial charge is 0.229 e. The highest BCUT2D eigenvalue weighted by atomic mass is 79.9. The van der Waals surface area contributed by atoms with Crippen molar-refractivity contribution in [3.8, 4) is 5.75 Å². The van der Waals surface area contributed by atoms with Crippen molar-refractivity contribution in [1.29, 1.82) is 0 Å². The highest BCUT2D eigenvalue weighted by Gasteiger charge is 2.23. The zero-order chi connectivity index (χ0) is 21.3. The van der Waals surface area contributed by atoms with Gasteiger partial charge in [0.05, 0.1) is 11.9 Å². The van der Waals surface area contributed by atoms with Gasteiger partial charge in [0.25, 0.3) is 0 Å². The summed E-state index contributed by atoms with van der Waals surface area (Å²) in [7, 11) is -3.37. The lowest BCUT2D eigenvalue weighted by Gasteiger charge is -2.17. The molecule has 8 heteroatoms. The van der Waals surface area contributed by atoms with Gasteiger partial charge in [0, 0.05) is 28.0 Å². The molecule has 0 atom stereocenters. The van der Waals surface area contributed by atoms with Gasteiger partial charge in [-0.1, -0.05) is 36.7 Å². The van der Waals surface area contributed by atoms with Crippen LogP contribution in [0, 0.1) is 0 Å². The fourth-order valence-corrected chi connectivity index (χ4v) is 4.45. The Morgan fingerprint density at radius 3 is 2.68 bits per heavy atom. The Hall–Kier alpha value is -2.35. The third-order valence-corrected chi connectivity index (χ3v) is 5.75. The molecule has 0 bridgehead atoms. The van der Waals surface area contributed by atoms with E-state index in [-0.39, 0.29) is 17.0 Å². The average molecular weight is 522 g/mol. The molecule has 0 amide bonds. The number of aromatic nitrogens is 1. The third-order valence-electron chi connectivity index (χ3n) is 4.91. The van der Waals surface area contributed by atoms with Gasteiger partial charge in [-0.25, -0.2) is 8.42 Å². The lowest BCUT2D eigenvalue weighted by atomic mass is 9.87. The standard InChI is InChI=1S/C23H21ClN2O3S.BrH/c1-3-18(15-6-4-7-17(12-15)26-30(2,27)28)23-19-8-5-11-25-21(19)14-29-22-13-16(24)9-10-20(22)23;/h4-13,26H,3,14H2,1-2H3;1H/b23-18+;.